The van der Waals surface area contributed by atoms with Gasteiger partial charge in [0.25, 0.3) is 0 Å². The highest BCUT2D eigenvalue weighted by molar-refractivity contribution is 4.88. The molecule has 1 aliphatic heterocycles. The van der Waals surface area contributed by atoms with Gasteiger partial charge in [-0.1, -0.05) is 0 Å². The van der Waals surface area contributed by atoms with Crippen molar-refractivity contribution in [2.24, 2.45) is 0 Å². The van der Waals surface area contributed by atoms with E-state index in [9.17, 15) is 5.11 Å². The predicted octanol–water partition coefficient (Wildman–Crippen LogP) is 1.61. The lowest BCUT2D eigenvalue weighted by atomic mass is 9.96. The summed E-state index contributed by atoms with van der Waals surface area (Å²) in [5.74, 6) is 0. The van der Waals surface area contributed by atoms with Gasteiger partial charge in [0, 0.05) is 11.1 Å². The topological polar surface area (TPSA) is 35.5 Å². The molecule has 0 aromatic heterocycles. The van der Waals surface area contributed by atoms with Gasteiger partial charge in [-0.15, -0.1) is 0 Å². The van der Waals surface area contributed by atoms with E-state index in [1.165, 1.54) is 19.4 Å². The molecular weight excluding hydrogens is 200 g/mol. The minimum Gasteiger partial charge on any atom is -0.394 e. The van der Waals surface area contributed by atoms with Gasteiger partial charge in [0.2, 0.25) is 0 Å². The minimum absolute atomic E-state index is 0.107. The van der Waals surface area contributed by atoms with E-state index in [4.69, 9.17) is 0 Å². The molecule has 1 atom stereocenters. The molecule has 1 aliphatic rings. The first-order chi connectivity index (χ1) is 7.43. The molecule has 0 bridgehead atoms. The van der Waals surface area contributed by atoms with Gasteiger partial charge in [0.1, 0.15) is 0 Å². The molecule has 0 amide bonds. The molecule has 1 rings (SSSR count). The Kier molecular flexibility index (Phi) is 4.77. The average Bonchev–Trinajstić information content (AvgIpc) is 2.58. The maximum Gasteiger partial charge on any atom is 0.0610 e. The van der Waals surface area contributed by atoms with Gasteiger partial charge in [-0.05, 0) is 66.6 Å². The fraction of sp³-hybridized carbons (Fsp3) is 1.00. The Morgan fingerprint density at radius 2 is 2.12 bits per heavy atom. The van der Waals surface area contributed by atoms with E-state index in [1.54, 1.807) is 0 Å². The predicted molar refractivity (Wildman–Crippen MR) is 68.7 cm³/mol. The SMILES string of the molecule is CNC(C)(CO)CCCN1CCCC1(C)C. The Hall–Kier alpha value is -0.120. The lowest BCUT2D eigenvalue weighted by Gasteiger charge is -2.33. The monoisotopic (exact) mass is 228 g/mol. The van der Waals surface area contributed by atoms with E-state index in [-0.39, 0.29) is 12.1 Å². The fourth-order valence-corrected chi connectivity index (χ4v) is 2.52. The van der Waals surface area contributed by atoms with Crippen molar-refractivity contribution in [1.82, 2.24) is 10.2 Å². The van der Waals surface area contributed by atoms with Crippen molar-refractivity contribution in [3.63, 3.8) is 0 Å². The van der Waals surface area contributed by atoms with Crippen LogP contribution in [0.1, 0.15) is 46.5 Å². The molecule has 3 nitrogen and oxygen atoms in total. The van der Waals surface area contributed by atoms with Crippen molar-refractivity contribution >= 4 is 0 Å². The van der Waals surface area contributed by atoms with E-state index >= 15 is 0 Å². The summed E-state index contributed by atoms with van der Waals surface area (Å²) in [6, 6.07) is 0. The van der Waals surface area contributed by atoms with Crippen molar-refractivity contribution < 1.29 is 5.11 Å². The van der Waals surface area contributed by atoms with Crippen LogP contribution in [-0.4, -0.2) is 47.8 Å². The van der Waals surface area contributed by atoms with Crippen LogP contribution < -0.4 is 5.32 Å². The van der Waals surface area contributed by atoms with Crippen LogP contribution >= 0.6 is 0 Å². The Bertz CT molecular complexity index is 212. The van der Waals surface area contributed by atoms with Crippen LogP contribution in [-0.2, 0) is 0 Å². The molecule has 0 aromatic carbocycles. The van der Waals surface area contributed by atoms with Crippen molar-refractivity contribution in [2.75, 3.05) is 26.7 Å². The molecule has 0 aliphatic carbocycles. The normalized spacial score (nSPS) is 24.6. The summed E-state index contributed by atoms with van der Waals surface area (Å²) in [4.78, 5) is 2.58. The summed E-state index contributed by atoms with van der Waals surface area (Å²) in [5.41, 5.74) is 0.277. The first kappa shape index (κ1) is 13.9. The number of likely N-dealkylation sites (tertiary alicyclic amines) is 1. The van der Waals surface area contributed by atoms with E-state index in [0.29, 0.717) is 5.54 Å². The van der Waals surface area contributed by atoms with Crippen LogP contribution in [0.3, 0.4) is 0 Å². The second-order valence-corrected chi connectivity index (χ2v) is 5.98. The standard InChI is InChI=1S/C13H28N2O/c1-12(2)7-5-9-15(12)10-6-8-13(3,11-16)14-4/h14,16H,5-11H2,1-4H3. The molecule has 0 radical (unpaired) electrons. The maximum atomic E-state index is 9.30. The largest absolute Gasteiger partial charge is 0.394 e. The molecule has 96 valence electrons. The van der Waals surface area contributed by atoms with E-state index < -0.39 is 0 Å². The summed E-state index contributed by atoms with van der Waals surface area (Å²) >= 11 is 0. The minimum atomic E-state index is -0.107. The summed E-state index contributed by atoms with van der Waals surface area (Å²) < 4.78 is 0. The molecule has 0 saturated carbocycles. The van der Waals surface area contributed by atoms with Gasteiger partial charge in [-0.3, -0.25) is 4.90 Å². The highest BCUT2D eigenvalue weighted by Gasteiger charge is 2.31. The quantitative estimate of drug-likeness (QED) is 0.725. The lowest BCUT2D eigenvalue weighted by Crippen LogP contribution is -2.45. The lowest BCUT2D eigenvalue weighted by molar-refractivity contribution is 0.143. The zero-order valence-corrected chi connectivity index (χ0v) is 11.3. The molecule has 1 heterocycles. The van der Waals surface area contributed by atoms with Gasteiger partial charge < -0.3 is 10.4 Å². The molecule has 1 unspecified atom stereocenters. The Labute approximate surface area is 100 Å². The number of likely N-dealkylation sites (N-methyl/N-ethyl adjacent to an activating group) is 1. The van der Waals surface area contributed by atoms with Gasteiger partial charge in [-0.2, -0.15) is 0 Å². The van der Waals surface area contributed by atoms with Gasteiger partial charge >= 0.3 is 0 Å². The summed E-state index contributed by atoms with van der Waals surface area (Å²) in [7, 11) is 1.93. The molecule has 0 aromatic rings. The van der Waals surface area contributed by atoms with Gasteiger partial charge in [0.05, 0.1) is 6.61 Å². The van der Waals surface area contributed by atoms with Gasteiger partial charge in [0.15, 0.2) is 0 Å². The Balaban J connectivity index is 2.30. The molecule has 2 N–H and O–H groups in total. The number of rotatable bonds is 6. The Morgan fingerprint density at radius 3 is 2.56 bits per heavy atom. The van der Waals surface area contributed by atoms with Crippen LogP contribution in [0, 0.1) is 0 Å². The second kappa shape index (κ2) is 5.48. The molecule has 0 spiro atoms. The third-order valence-electron chi connectivity index (χ3n) is 4.18. The van der Waals surface area contributed by atoms with Crippen LogP contribution in [0.15, 0.2) is 0 Å². The molecule has 3 heteroatoms. The van der Waals surface area contributed by atoms with E-state index in [0.717, 1.165) is 19.4 Å². The zero-order chi connectivity index (χ0) is 12.2. The zero-order valence-electron chi connectivity index (χ0n) is 11.3. The van der Waals surface area contributed by atoms with E-state index in [2.05, 4.69) is 31.0 Å². The summed E-state index contributed by atoms with van der Waals surface area (Å²) in [6.45, 7) is 9.37. The van der Waals surface area contributed by atoms with Crippen molar-refractivity contribution in [1.29, 1.82) is 0 Å². The second-order valence-electron chi connectivity index (χ2n) is 5.98. The summed E-state index contributed by atoms with van der Waals surface area (Å²) in [5, 5.41) is 12.5. The number of hydrogen-bond acceptors (Lipinski definition) is 3. The smallest absolute Gasteiger partial charge is 0.0610 e. The Morgan fingerprint density at radius 1 is 1.44 bits per heavy atom. The first-order valence-electron chi connectivity index (χ1n) is 6.48. The number of nitrogens with zero attached hydrogens (tertiary/aromatic N) is 1. The summed E-state index contributed by atoms with van der Waals surface area (Å²) in [6.07, 6.45) is 4.83. The number of aliphatic hydroxyl groups is 1. The highest BCUT2D eigenvalue weighted by Crippen LogP contribution is 2.28. The third kappa shape index (κ3) is 3.44. The van der Waals surface area contributed by atoms with Crippen molar-refractivity contribution in [3.05, 3.63) is 0 Å². The van der Waals surface area contributed by atoms with E-state index in [1.807, 2.05) is 7.05 Å². The number of hydrogen-bond donors (Lipinski definition) is 2. The molecule has 1 saturated heterocycles. The first-order valence-corrected chi connectivity index (χ1v) is 6.48. The molecular formula is C13H28N2O. The average molecular weight is 228 g/mol. The van der Waals surface area contributed by atoms with Crippen LogP contribution in [0.2, 0.25) is 0 Å². The third-order valence-corrected chi connectivity index (χ3v) is 4.18. The van der Waals surface area contributed by atoms with Crippen LogP contribution in [0.25, 0.3) is 0 Å². The van der Waals surface area contributed by atoms with Gasteiger partial charge in [-0.25, -0.2) is 0 Å². The van der Waals surface area contributed by atoms with Crippen molar-refractivity contribution in [3.8, 4) is 0 Å². The van der Waals surface area contributed by atoms with Crippen LogP contribution in [0.4, 0.5) is 0 Å². The number of nitrogens with one attached hydrogen (secondary N) is 1. The highest BCUT2D eigenvalue weighted by atomic mass is 16.3. The molecule has 16 heavy (non-hydrogen) atoms. The maximum absolute atomic E-state index is 9.30. The van der Waals surface area contributed by atoms with Crippen molar-refractivity contribution in [2.45, 2.75) is 57.5 Å². The number of aliphatic hydroxyl groups excluding tert-OH is 1. The molecule has 1 fully saturated rings. The fourth-order valence-electron chi connectivity index (χ4n) is 2.52. The van der Waals surface area contributed by atoms with Crippen LogP contribution in [0.5, 0.6) is 0 Å².